The molecule has 1 unspecified atom stereocenters. The van der Waals surface area contributed by atoms with Gasteiger partial charge in [-0.15, -0.1) is 0 Å². The van der Waals surface area contributed by atoms with Crippen LogP contribution in [0.3, 0.4) is 0 Å². The Morgan fingerprint density at radius 3 is 2.71 bits per heavy atom. The summed E-state index contributed by atoms with van der Waals surface area (Å²) < 4.78 is 0.954. The SMILES string of the molecule is NNC(c1cc(Br)ccc1Cl)c1cncc2ccccc12. The van der Waals surface area contributed by atoms with E-state index >= 15 is 0 Å². The molecule has 0 fully saturated rings. The van der Waals surface area contributed by atoms with Crippen molar-refractivity contribution < 1.29 is 0 Å². The monoisotopic (exact) mass is 361 g/mol. The molecular formula is C16H13BrClN3. The van der Waals surface area contributed by atoms with Crippen molar-refractivity contribution in [2.75, 3.05) is 0 Å². The first-order valence-corrected chi connectivity index (χ1v) is 7.61. The quantitative estimate of drug-likeness (QED) is 0.542. The molecule has 0 radical (unpaired) electrons. The molecule has 21 heavy (non-hydrogen) atoms. The summed E-state index contributed by atoms with van der Waals surface area (Å²) in [6, 6.07) is 13.6. The van der Waals surface area contributed by atoms with Gasteiger partial charge < -0.3 is 0 Å². The van der Waals surface area contributed by atoms with Crippen molar-refractivity contribution in [3.05, 3.63) is 75.5 Å². The minimum absolute atomic E-state index is 0.228. The predicted octanol–water partition coefficient (Wildman–Crippen LogP) is 4.20. The lowest BCUT2D eigenvalue weighted by Gasteiger charge is -2.20. The summed E-state index contributed by atoms with van der Waals surface area (Å²) in [6.45, 7) is 0. The Bertz CT molecular complexity index is 786. The van der Waals surface area contributed by atoms with Crippen LogP contribution in [-0.2, 0) is 0 Å². The zero-order chi connectivity index (χ0) is 14.8. The Morgan fingerprint density at radius 1 is 1.10 bits per heavy atom. The van der Waals surface area contributed by atoms with Crippen LogP contribution in [0.25, 0.3) is 10.8 Å². The molecule has 0 aliphatic carbocycles. The topological polar surface area (TPSA) is 50.9 Å². The second-order valence-corrected chi connectivity index (χ2v) is 6.04. The molecule has 3 aromatic rings. The highest BCUT2D eigenvalue weighted by molar-refractivity contribution is 9.10. The average molecular weight is 363 g/mol. The Morgan fingerprint density at radius 2 is 1.90 bits per heavy atom. The highest BCUT2D eigenvalue weighted by Crippen LogP contribution is 2.33. The van der Waals surface area contributed by atoms with Gasteiger partial charge in [0.15, 0.2) is 0 Å². The fraction of sp³-hybridized carbons (Fsp3) is 0.0625. The van der Waals surface area contributed by atoms with E-state index in [0.29, 0.717) is 5.02 Å². The highest BCUT2D eigenvalue weighted by Gasteiger charge is 2.18. The van der Waals surface area contributed by atoms with Gasteiger partial charge in [-0.2, -0.15) is 0 Å². The Hall–Kier alpha value is -1.46. The second kappa shape index (κ2) is 6.12. The predicted molar refractivity (Wildman–Crippen MR) is 90.1 cm³/mol. The molecule has 0 spiro atoms. The number of rotatable bonds is 3. The van der Waals surface area contributed by atoms with E-state index in [1.165, 1.54) is 0 Å². The van der Waals surface area contributed by atoms with Crippen molar-refractivity contribution in [3.8, 4) is 0 Å². The molecule has 0 saturated heterocycles. The minimum Gasteiger partial charge on any atom is -0.271 e. The molecule has 1 heterocycles. The number of aromatic nitrogens is 1. The van der Waals surface area contributed by atoms with Gasteiger partial charge in [-0.05, 0) is 29.1 Å². The van der Waals surface area contributed by atoms with E-state index in [1.807, 2.05) is 48.8 Å². The largest absolute Gasteiger partial charge is 0.271 e. The number of pyridine rings is 1. The molecule has 3 rings (SSSR count). The molecule has 3 N–H and O–H groups in total. The fourth-order valence-corrected chi connectivity index (χ4v) is 3.06. The maximum atomic E-state index is 6.33. The molecule has 0 saturated carbocycles. The lowest BCUT2D eigenvalue weighted by molar-refractivity contribution is 0.639. The van der Waals surface area contributed by atoms with Gasteiger partial charge >= 0.3 is 0 Å². The van der Waals surface area contributed by atoms with Crippen LogP contribution in [0.4, 0.5) is 0 Å². The first-order chi connectivity index (χ1) is 10.2. The zero-order valence-corrected chi connectivity index (χ0v) is 13.4. The molecule has 0 aliphatic rings. The maximum Gasteiger partial charge on any atom is 0.0745 e. The van der Waals surface area contributed by atoms with E-state index in [9.17, 15) is 0 Å². The van der Waals surface area contributed by atoms with Gasteiger partial charge in [-0.1, -0.05) is 51.8 Å². The summed E-state index contributed by atoms with van der Waals surface area (Å²) in [5.74, 6) is 5.80. The third kappa shape index (κ3) is 2.80. The van der Waals surface area contributed by atoms with E-state index in [0.717, 1.165) is 26.4 Å². The van der Waals surface area contributed by atoms with Gasteiger partial charge in [0.1, 0.15) is 0 Å². The Labute approximate surface area is 136 Å². The van der Waals surface area contributed by atoms with Crippen molar-refractivity contribution in [1.82, 2.24) is 10.4 Å². The van der Waals surface area contributed by atoms with Crippen LogP contribution in [0, 0.1) is 0 Å². The molecular weight excluding hydrogens is 350 g/mol. The summed E-state index contributed by atoms with van der Waals surface area (Å²) >= 11 is 9.81. The fourth-order valence-electron chi connectivity index (χ4n) is 2.45. The highest BCUT2D eigenvalue weighted by atomic mass is 79.9. The van der Waals surface area contributed by atoms with Crippen molar-refractivity contribution >= 4 is 38.3 Å². The smallest absolute Gasteiger partial charge is 0.0745 e. The summed E-state index contributed by atoms with van der Waals surface area (Å²) in [5, 5.41) is 2.84. The number of hydrogen-bond donors (Lipinski definition) is 2. The van der Waals surface area contributed by atoms with Crippen LogP contribution in [0.2, 0.25) is 5.02 Å². The van der Waals surface area contributed by atoms with Crippen LogP contribution in [0.5, 0.6) is 0 Å². The Kier molecular flexibility index (Phi) is 4.22. The number of hydrazine groups is 1. The lowest BCUT2D eigenvalue weighted by atomic mass is 9.96. The van der Waals surface area contributed by atoms with E-state index in [2.05, 4.69) is 32.4 Å². The van der Waals surface area contributed by atoms with Gasteiger partial charge in [-0.3, -0.25) is 10.8 Å². The minimum atomic E-state index is -0.228. The number of benzene rings is 2. The third-order valence-corrected chi connectivity index (χ3v) is 4.28. The molecule has 0 amide bonds. The van der Waals surface area contributed by atoms with Crippen molar-refractivity contribution in [1.29, 1.82) is 0 Å². The number of nitrogens with zero attached hydrogens (tertiary/aromatic N) is 1. The lowest BCUT2D eigenvalue weighted by Crippen LogP contribution is -2.29. The number of hydrogen-bond acceptors (Lipinski definition) is 3. The van der Waals surface area contributed by atoms with Crippen LogP contribution >= 0.6 is 27.5 Å². The number of nitrogens with one attached hydrogen (secondary N) is 1. The molecule has 1 atom stereocenters. The average Bonchev–Trinajstić information content (AvgIpc) is 2.51. The molecule has 2 aromatic carbocycles. The second-order valence-electron chi connectivity index (χ2n) is 4.72. The molecule has 3 nitrogen and oxygen atoms in total. The van der Waals surface area contributed by atoms with E-state index < -0.39 is 0 Å². The third-order valence-electron chi connectivity index (χ3n) is 3.45. The molecule has 106 valence electrons. The van der Waals surface area contributed by atoms with E-state index in [-0.39, 0.29) is 6.04 Å². The number of nitrogens with two attached hydrogens (primary N) is 1. The van der Waals surface area contributed by atoms with Crippen molar-refractivity contribution in [2.24, 2.45) is 5.84 Å². The maximum absolute atomic E-state index is 6.33. The van der Waals surface area contributed by atoms with Gasteiger partial charge in [-0.25, -0.2) is 5.43 Å². The summed E-state index contributed by atoms with van der Waals surface area (Å²) in [4.78, 5) is 4.31. The van der Waals surface area contributed by atoms with Crippen LogP contribution < -0.4 is 11.3 Å². The van der Waals surface area contributed by atoms with Crippen LogP contribution in [-0.4, -0.2) is 4.98 Å². The number of fused-ring (bicyclic) bond motifs is 1. The first kappa shape index (κ1) is 14.5. The van der Waals surface area contributed by atoms with Crippen LogP contribution in [0.1, 0.15) is 17.2 Å². The standard InChI is InChI=1S/C16H13BrClN3/c17-11-5-6-15(18)13(7-11)16(21-19)14-9-20-8-10-3-1-2-4-12(10)14/h1-9,16,21H,19H2. The van der Waals surface area contributed by atoms with Gasteiger partial charge in [0.05, 0.1) is 6.04 Å². The van der Waals surface area contributed by atoms with Gasteiger partial charge in [0, 0.05) is 32.8 Å². The van der Waals surface area contributed by atoms with Gasteiger partial charge in [0.25, 0.3) is 0 Å². The zero-order valence-electron chi connectivity index (χ0n) is 11.1. The normalized spacial score (nSPS) is 12.5. The van der Waals surface area contributed by atoms with Gasteiger partial charge in [0.2, 0.25) is 0 Å². The number of halogens is 2. The summed E-state index contributed by atoms with van der Waals surface area (Å²) in [5.41, 5.74) is 4.75. The first-order valence-electron chi connectivity index (χ1n) is 6.44. The summed E-state index contributed by atoms with van der Waals surface area (Å²) in [6.07, 6.45) is 3.67. The van der Waals surface area contributed by atoms with E-state index in [4.69, 9.17) is 17.4 Å². The van der Waals surface area contributed by atoms with Crippen LogP contribution in [0.15, 0.2) is 59.3 Å². The molecule has 0 aliphatic heterocycles. The van der Waals surface area contributed by atoms with Crippen molar-refractivity contribution in [2.45, 2.75) is 6.04 Å². The molecule has 0 bridgehead atoms. The van der Waals surface area contributed by atoms with Crippen molar-refractivity contribution in [3.63, 3.8) is 0 Å². The molecule has 5 heteroatoms. The van der Waals surface area contributed by atoms with E-state index in [1.54, 1.807) is 0 Å². The Balaban J connectivity index is 2.21. The molecule has 1 aromatic heterocycles. The summed E-state index contributed by atoms with van der Waals surface area (Å²) in [7, 11) is 0.